The third kappa shape index (κ3) is 3.54. The molecule has 0 radical (unpaired) electrons. The maximum absolute atomic E-state index is 5.75. The lowest BCUT2D eigenvalue weighted by Crippen LogP contribution is -2.49. The lowest BCUT2D eigenvalue weighted by molar-refractivity contribution is 0.00846. The summed E-state index contributed by atoms with van der Waals surface area (Å²) in [6.45, 7) is 0. The van der Waals surface area contributed by atoms with Crippen LogP contribution in [0.3, 0.4) is 0 Å². The highest BCUT2D eigenvalue weighted by Gasteiger charge is 2.30. The van der Waals surface area contributed by atoms with Gasteiger partial charge in [-0.25, -0.2) is 0 Å². The first kappa shape index (κ1) is 14.0. The van der Waals surface area contributed by atoms with Gasteiger partial charge < -0.3 is 4.74 Å². The molecule has 3 nitrogen and oxygen atoms in total. The van der Waals surface area contributed by atoms with E-state index in [1.54, 1.807) is 11.3 Å². The van der Waals surface area contributed by atoms with E-state index in [0.29, 0.717) is 5.92 Å². The van der Waals surface area contributed by atoms with Gasteiger partial charge in [0.25, 0.3) is 0 Å². The van der Waals surface area contributed by atoms with Crippen LogP contribution in [0.15, 0.2) is 17.5 Å². The van der Waals surface area contributed by atoms with Crippen molar-refractivity contribution in [1.82, 2.24) is 5.43 Å². The minimum absolute atomic E-state index is 0.219. The van der Waals surface area contributed by atoms with E-state index in [9.17, 15) is 0 Å². The molecule has 4 heteroatoms. The van der Waals surface area contributed by atoms with E-state index < -0.39 is 0 Å². The van der Waals surface area contributed by atoms with E-state index >= 15 is 0 Å². The maximum atomic E-state index is 5.75. The first-order chi connectivity index (χ1) is 8.85. The highest BCUT2D eigenvalue weighted by molar-refractivity contribution is 7.09. The molecule has 1 fully saturated rings. The molecule has 2 atom stereocenters. The Bertz CT molecular complexity index is 323. The predicted octanol–water partition coefficient (Wildman–Crippen LogP) is 2.72. The van der Waals surface area contributed by atoms with Gasteiger partial charge in [0.15, 0.2) is 0 Å². The minimum atomic E-state index is 0.219. The largest absolute Gasteiger partial charge is 0.379 e. The van der Waals surface area contributed by atoms with Crippen LogP contribution in [0.1, 0.15) is 37.0 Å². The van der Waals surface area contributed by atoms with Crippen LogP contribution in [0.25, 0.3) is 0 Å². The Kier molecular flexibility index (Phi) is 5.63. The van der Waals surface area contributed by atoms with Crippen LogP contribution in [0, 0.1) is 5.92 Å². The second kappa shape index (κ2) is 7.24. The van der Waals surface area contributed by atoms with Crippen molar-refractivity contribution < 1.29 is 4.74 Å². The third-order valence-corrected chi connectivity index (χ3v) is 4.90. The molecule has 1 saturated carbocycles. The van der Waals surface area contributed by atoms with Crippen molar-refractivity contribution in [2.24, 2.45) is 11.8 Å². The Morgan fingerprint density at radius 3 is 2.78 bits per heavy atom. The zero-order valence-corrected chi connectivity index (χ0v) is 11.9. The average molecular weight is 268 g/mol. The third-order valence-electron chi connectivity index (χ3n) is 4.00. The normalized spacial score (nSPS) is 20.8. The number of hydrogen-bond donors (Lipinski definition) is 2. The Morgan fingerprint density at radius 1 is 1.44 bits per heavy atom. The summed E-state index contributed by atoms with van der Waals surface area (Å²) in [7, 11) is 1.82. The summed E-state index contributed by atoms with van der Waals surface area (Å²) in [6, 6.07) is 4.48. The average Bonchev–Trinajstić information content (AvgIpc) is 2.92. The number of thiophene rings is 1. The van der Waals surface area contributed by atoms with Crippen molar-refractivity contribution in [3.8, 4) is 0 Å². The molecule has 1 aliphatic rings. The number of hydrazine groups is 1. The van der Waals surface area contributed by atoms with E-state index in [1.807, 2.05) is 7.11 Å². The molecule has 1 heterocycles. The van der Waals surface area contributed by atoms with Crippen molar-refractivity contribution in [2.45, 2.75) is 50.7 Å². The van der Waals surface area contributed by atoms with Crippen LogP contribution in [0.2, 0.25) is 0 Å². The van der Waals surface area contributed by atoms with Gasteiger partial charge in [-0.15, -0.1) is 11.3 Å². The number of ether oxygens (including phenoxy) is 1. The number of methoxy groups -OCH3 is 1. The Labute approximate surface area is 114 Å². The van der Waals surface area contributed by atoms with Crippen LogP contribution in [-0.4, -0.2) is 19.3 Å². The Morgan fingerprint density at radius 2 is 2.22 bits per heavy atom. The topological polar surface area (TPSA) is 47.3 Å². The molecule has 3 N–H and O–H groups in total. The summed E-state index contributed by atoms with van der Waals surface area (Å²) in [5.74, 6) is 6.40. The van der Waals surface area contributed by atoms with Crippen LogP contribution < -0.4 is 11.3 Å². The molecule has 1 aromatic rings. The van der Waals surface area contributed by atoms with Crippen molar-refractivity contribution in [3.05, 3.63) is 22.4 Å². The molecule has 2 rings (SSSR count). The molecule has 2 unspecified atom stereocenters. The van der Waals surface area contributed by atoms with Crippen molar-refractivity contribution in [3.63, 3.8) is 0 Å². The molecule has 102 valence electrons. The summed E-state index contributed by atoms with van der Waals surface area (Å²) < 4.78 is 5.75. The molecule has 0 bridgehead atoms. The van der Waals surface area contributed by atoms with Gasteiger partial charge >= 0.3 is 0 Å². The van der Waals surface area contributed by atoms with E-state index in [1.165, 1.54) is 37.0 Å². The quantitative estimate of drug-likeness (QED) is 0.616. The van der Waals surface area contributed by atoms with Gasteiger partial charge in [-0.1, -0.05) is 25.3 Å². The summed E-state index contributed by atoms with van der Waals surface area (Å²) >= 11 is 1.79. The monoisotopic (exact) mass is 268 g/mol. The van der Waals surface area contributed by atoms with Gasteiger partial charge in [0.2, 0.25) is 0 Å². The van der Waals surface area contributed by atoms with Crippen molar-refractivity contribution in [2.75, 3.05) is 7.11 Å². The number of rotatable bonds is 6. The maximum Gasteiger partial charge on any atom is 0.0769 e. The molecule has 0 aromatic carbocycles. The molecular formula is C14H24N2OS. The van der Waals surface area contributed by atoms with E-state index in [2.05, 4.69) is 22.9 Å². The second-order valence-corrected chi connectivity index (χ2v) is 6.19. The molecule has 0 aliphatic heterocycles. The lowest BCUT2D eigenvalue weighted by atomic mass is 9.82. The minimum Gasteiger partial charge on any atom is -0.379 e. The zero-order valence-electron chi connectivity index (χ0n) is 11.1. The Balaban J connectivity index is 1.98. The van der Waals surface area contributed by atoms with E-state index in [4.69, 9.17) is 10.6 Å². The number of nitrogens with one attached hydrogen (secondary N) is 1. The molecule has 0 amide bonds. The fourth-order valence-corrected chi connectivity index (χ4v) is 3.83. The van der Waals surface area contributed by atoms with Crippen LogP contribution in [0.5, 0.6) is 0 Å². The standard InChI is InChI=1S/C14H24N2OS/c1-17-14(11-6-3-2-4-7-11)13(16-15)10-12-8-5-9-18-12/h5,8-9,11,13-14,16H,2-4,6-7,10,15H2,1H3. The first-order valence-corrected chi connectivity index (χ1v) is 7.74. The van der Waals surface area contributed by atoms with E-state index in [-0.39, 0.29) is 12.1 Å². The summed E-state index contributed by atoms with van der Waals surface area (Å²) in [5.41, 5.74) is 2.97. The molecule has 18 heavy (non-hydrogen) atoms. The van der Waals surface area contributed by atoms with Gasteiger partial charge in [-0.05, 0) is 30.2 Å². The van der Waals surface area contributed by atoms with E-state index in [0.717, 1.165) is 6.42 Å². The number of hydrogen-bond acceptors (Lipinski definition) is 4. The fraction of sp³-hybridized carbons (Fsp3) is 0.714. The molecule has 1 aromatic heterocycles. The van der Waals surface area contributed by atoms with Gasteiger partial charge in [0.1, 0.15) is 0 Å². The summed E-state index contributed by atoms with van der Waals surface area (Å²) in [6.07, 6.45) is 7.79. The lowest BCUT2D eigenvalue weighted by Gasteiger charge is -2.34. The molecule has 0 spiro atoms. The van der Waals surface area contributed by atoms with Gasteiger partial charge in [-0.3, -0.25) is 11.3 Å². The first-order valence-electron chi connectivity index (χ1n) is 6.86. The zero-order chi connectivity index (χ0) is 12.8. The smallest absolute Gasteiger partial charge is 0.0769 e. The number of nitrogens with two attached hydrogens (primary N) is 1. The van der Waals surface area contributed by atoms with Crippen molar-refractivity contribution in [1.29, 1.82) is 0 Å². The van der Waals surface area contributed by atoms with Crippen LogP contribution in [-0.2, 0) is 11.2 Å². The van der Waals surface area contributed by atoms with Crippen molar-refractivity contribution >= 4 is 11.3 Å². The molecule has 1 aliphatic carbocycles. The van der Waals surface area contributed by atoms with Gasteiger partial charge in [-0.2, -0.15) is 0 Å². The Hall–Kier alpha value is -0.420. The van der Waals surface area contributed by atoms with Gasteiger partial charge in [0.05, 0.1) is 12.1 Å². The highest BCUT2D eigenvalue weighted by Crippen LogP contribution is 2.30. The van der Waals surface area contributed by atoms with Crippen LogP contribution in [0.4, 0.5) is 0 Å². The highest BCUT2D eigenvalue weighted by atomic mass is 32.1. The van der Waals surface area contributed by atoms with Gasteiger partial charge in [0, 0.05) is 18.4 Å². The predicted molar refractivity (Wildman–Crippen MR) is 76.5 cm³/mol. The summed E-state index contributed by atoms with van der Waals surface area (Å²) in [5, 5.41) is 2.12. The van der Waals surface area contributed by atoms with Crippen LogP contribution >= 0.6 is 11.3 Å². The second-order valence-electron chi connectivity index (χ2n) is 5.16. The fourth-order valence-electron chi connectivity index (χ4n) is 3.06. The summed E-state index contributed by atoms with van der Waals surface area (Å²) in [4.78, 5) is 1.37. The SMILES string of the molecule is COC(C1CCCCC1)C(Cc1cccs1)NN. The molecular weight excluding hydrogens is 244 g/mol. The molecule has 0 saturated heterocycles.